The van der Waals surface area contributed by atoms with Crippen LogP contribution in [0.5, 0.6) is 0 Å². The van der Waals surface area contributed by atoms with E-state index in [1.54, 1.807) is 29.9 Å². The number of benzene rings is 1. The van der Waals surface area contributed by atoms with Gasteiger partial charge in [0.05, 0.1) is 22.9 Å². The lowest BCUT2D eigenvalue weighted by Gasteiger charge is -2.13. The van der Waals surface area contributed by atoms with E-state index in [1.807, 2.05) is 12.1 Å². The van der Waals surface area contributed by atoms with Crippen LogP contribution in [0.3, 0.4) is 0 Å². The van der Waals surface area contributed by atoms with E-state index in [-0.39, 0.29) is 23.4 Å². The maximum atomic E-state index is 12.4. The van der Waals surface area contributed by atoms with Crippen molar-refractivity contribution < 1.29 is 4.79 Å². The zero-order chi connectivity index (χ0) is 18.2. The molecule has 7 heteroatoms. The van der Waals surface area contributed by atoms with Gasteiger partial charge in [0.1, 0.15) is 12.4 Å². The van der Waals surface area contributed by atoms with Gasteiger partial charge < -0.3 is 5.32 Å². The molecule has 0 aliphatic rings. The molecular formula is C18H21N5O2. The minimum absolute atomic E-state index is 0.104. The number of amides is 1. The fraction of sp³-hybridized carbons (Fsp3) is 0.333. The van der Waals surface area contributed by atoms with Crippen molar-refractivity contribution in [2.45, 2.75) is 32.7 Å². The molecule has 2 aromatic heterocycles. The topological polar surface area (TPSA) is 81.8 Å². The molecule has 0 saturated carbocycles. The molecule has 25 heavy (non-hydrogen) atoms. The second kappa shape index (κ2) is 6.16. The molecule has 0 unspecified atom stereocenters. The van der Waals surface area contributed by atoms with Gasteiger partial charge in [0.15, 0.2) is 0 Å². The highest BCUT2D eigenvalue weighted by molar-refractivity contribution is 5.90. The van der Waals surface area contributed by atoms with E-state index >= 15 is 0 Å². The highest BCUT2D eigenvalue weighted by atomic mass is 16.2. The van der Waals surface area contributed by atoms with Crippen LogP contribution in [-0.4, -0.2) is 25.2 Å². The average molecular weight is 339 g/mol. The number of anilines is 1. The van der Waals surface area contributed by atoms with E-state index in [4.69, 9.17) is 0 Å². The summed E-state index contributed by atoms with van der Waals surface area (Å²) in [7, 11) is 1.77. The fourth-order valence-corrected chi connectivity index (χ4v) is 2.51. The van der Waals surface area contributed by atoms with Crippen LogP contribution in [0.25, 0.3) is 10.9 Å². The number of para-hydroxylation sites is 1. The van der Waals surface area contributed by atoms with Crippen molar-refractivity contribution in [3.05, 3.63) is 52.7 Å². The second-order valence-corrected chi connectivity index (χ2v) is 7.03. The number of rotatable bonds is 3. The molecule has 0 spiro atoms. The molecule has 0 aliphatic carbocycles. The smallest absolute Gasteiger partial charge is 0.261 e. The molecule has 0 atom stereocenters. The number of aryl methyl sites for hydroxylation is 1. The van der Waals surface area contributed by atoms with Crippen molar-refractivity contribution in [3.63, 3.8) is 0 Å². The molecule has 7 nitrogen and oxygen atoms in total. The normalized spacial score (nSPS) is 11.7. The Hall–Kier alpha value is -2.96. The highest BCUT2D eigenvalue weighted by Crippen LogP contribution is 2.23. The molecule has 0 radical (unpaired) electrons. The first-order chi connectivity index (χ1) is 11.8. The standard InChI is InChI=1S/C18H21N5O2/c1-18(2,3)14-9-15(22(4)21-14)20-16(24)10-23-11-19-13-8-6-5-7-12(13)17(23)25/h5-9,11H,10H2,1-4H3,(H,20,24). The molecule has 0 saturated heterocycles. The average Bonchev–Trinajstić information content (AvgIpc) is 2.91. The van der Waals surface area contributed by atoms with Crippen LogP contribution in [0.15, 0.2) is 41.5 Å². The molecule has 3 rings (SSSR count). The van der Waals surface area contributed by atoms with Crippen molar-refractivity contribution in [1.82, 2.24) is 19.3 Å². The summed E-state index contributed by atoms with van der Waals surface area (Å²) < 4.78 is 2.93. The van der Waals surface area contributed by atoms with E-state index in [0.29, 0.717) is 16.7 Å². The van der Waals surface area contributed by atoms with E-state index in [1.165, 1.54) is 10.9 Å². The summed E-state index contributed by atoms with van der Waals surface area (Å²) in [6, 6.07) is 8.92. The van der Waals surface area contributed by atoms with Gasteiger partial charge in [0, 0.05) is 18.5 Å². The zero-order valence-electron chi connectivity index (χ0n) is 14.8. The van der Waals surface area contributed by atoms with Crippen LogP contribution in [0.2, 0.25) is 0 Å². The predicted molar refractivity (Wildman–Crippen MR) is 96.5 cm³/mol. The Labute approximate surface area is 145 Å². The first kappa shape index (κ1) is 16.9. The predicted octanol–water partition coefficient (Wildman–Crippen LogP) is 2.07. The number of nitrogens with zero attached hydrogens (tertiary/aromatic N) is 4. The Bertz CT molecular complexity index is 995. The van der Waals surface area contributed by atoms with Gasteiger partial charge >= 0.3 is 0 Å². The van der Waals surface area contributed by atoms with Crippen LogP contribution < -0.4 is 10.9 Å². The van der Waals surface area contributed by atoms with Gasteiger partial charge in [0.25, 0.3) is 5.56 Å². The van der Waals surface area contributed by atoms with E-state index in [2.05, 4.69) is 36.2 Å². The maximum absolute atomic E-state index is 12.4. The third-order valence-corrected chi connectivity index (χ3v) is 3.96. The van der Waals surface area contributed by atoms with Gasteiger partial charge in [-0.15, -0.1) is 0 Å². The van der Waals surface area contributed by atoms with Crippen LogP contribution in [-0.2, 0) is 23.8 Å². The third kappa shape index (κ3) is 3.45. The van der Waals surface area contributed by atoms with Crippen molar-refractivity contribution in [3.8, 4) is 0 Å². The maximum Gasteiger partial charge on any atom is 0.261 e. The molecule has 130 valence electrons. The number of hydrogen-bond donors (Lipinski definition) is 1. The van der Waals surface area contributed by atoms with Gasteiger partial charge in [-0.1, -0.05) is 32.9 Å². The lowest BCUT2D eigenvalue weighted by atomic mass is 9.92. The molecule has 1 N–H and O–H groups in total. The largest absolute Gasteiger partial charge is 0.309 e. The van der Waals surface area contributed by atoms with Gasteiger partial charge in [0.2, 0.25) is 5.91 Å². The third-order valence-electron chi connectivity index (χ3n) is 3.96. The molecule has 1 aromatic carbocycles. The molecular weight excluding hydrogens is 318 g/mol. The second-order valence-electron chi connectivity index (χ2n) is 7.03. The number of nitrogens with one attached hydrogen (secondary N) is 1. The fourth-order valence-electron chi connectivity index (χ4n) is 2.51. The number of fused-ring (bicyclic) bond motifs is 1. The summed E-state index contributed by atoms with van der Waals surface area (Å²) in [5.41, 5.74) is 1.15. The Balaban J connectivity index is 1.81. The van der Waals surface area contributed by atoms with E-state index in [0.717, 1.165) is 5.69 Å². The van der Waals surface area contributed by atoms with Crippen LogP contribution >= 0.6 is 0 Å². The molecule has 0 aliphatic heterocycles. The monoisotopic (exact) mass is 339 g/mol. The molecule has 0 bridgehead atoms. The Morgan fingerprint density at radius 1 is 1.24 bits per heavy atom. The van der Waals surface area contributed by atoms with Gasteiger partial charge in [-0.2, -0.15) is 5.10 Å². The van der Waals surface area contributed by atoms with Crippen molar-refractivity contribution in [2.24, 2.45) is 7.05 Å². The lowest BCUT2D eigenvalue weighted by Crippen LogP contribution is -2.28. The number of hydrogen-bond acceptors (Lipinski definition) is 4. The Morgan fingerprint density at radius 3 is 2.64 bits per heavy atom. The van der Waals surface area contributed by atoms with Crippen LogP contribution in [0.4, 0.5) is 5.82 Å². The molecule has 0 fully saturated rings. The van der Waals surface area contributed by atoms with Gasteiger partial charge in [-0.25, -0.2) is 4.98 Å². The van der Waals surface area contributed by atoms with Crippen LogP contribution in [0.1, 0.15) is 26.5 Å². The summed E-state index contributed by atoms with van der Waals surface area (Å²) in [6.45, 7) is 6.07. The van der Waals surface area contributed by atoms with E-state index < -0.39 is 0 Å². The minimum Gasteiger partial charge on any atom is -0.309 e. The Kier molecular flexibility index (Phi) is 4.16. The SMILES string of the molecule is Cn1nc(C(C)(C)C)cc1NC(=O)Cn1cnc2ccccc2c1=O. The van der Waals surface area contributed by atoms with Crippen molar-refractivity contribution in [1.29, 1.82) is 0 Å². The summed E-state index contributed by atoms with van der Waals surface area (Å²) in [5.74, 6) is 0.291. The summed E-state index contributed by atoms with van der Waals surface area (Å²) in [6.07, 6.45) is 1.40. The first-order valence-electron chi connectivity index (χ1n) is 8.04. The summed E-state index contributed by atoms with van der Waals surface area (Å²) in [4.78, 5) is 29.0. The van der Waals surface area contributed by atoms with E-state index in [9.17, 15) is 9.59 Å². The summed E-state index contributed by atoms with van der Waals surface area (Å²) in [5, 5.41) is 7.72. The Morgan fingerprint density at radius 2 is 1.96 bits per heavy atom. The van der Waals surface area contributed by atoms with Crippen molar-refractivity contribution >= 4 is 22.6 Å². The molecule has 3 aromatic rings. The van der Waals surface area contributed by atoms with Gasteiger partial charge in [-0.05, 0) is 12.1 Å². The zero-order valence-corrected chi connectivity index (χ0v) is 14.8. The number of aromatic nitrogens is 4. The number of carbonyl (C=O) groups excluding carboxylic acids is 1. The van der Waals surface area contributed by atoms with Crippen molar-refractivity contribution in [2.75, 3.05) is 5.32 Å². The quantitative estimate of drug-likeness (QED) is 0.792. The molecule has 2 heterocycles. The lowest BCUT2D eigenvalue weighted by molar-refractivity contribution is -0.116. The molecule has 1 amide bonds. The number of carbonyl (C=O) groups is 1. The van der Waals surface area contributed by atoms with Gasteiger partial charge in [-0.3, -0.25) is 18.8 Å². The van der Waals surface area contributed by atoms with Crippen LogP contribution in [0, 0.1) is 0 Å². The summed E-state index contributed by atoms with van der Waals surface area (Å²) >= 11 is 0. The first-order valence-corrected chi connectivity index (χ1v) is 8.04. The highest BCUT2D eigenvalue weighted by Gasteiger charge is 2.19. The minimum atomic E-state index is -0.303.